The van der Waals surface area contributed by atoms with Gasteiger partial charge in [-0.15, -0.1) is 0 Å². The number of hydrogen-bond donors (Lipinski definition) is 1. The lowest BCUT2D eigenvalue weighted by Gasteiger charge is -2.51. The maximum absolute atomic E-state index is 9.92. The van der Waals surface area contributed by atoms with E-state index in [0.29, 0.717) is 0 Å². The van der Waals surface area contributed by atoms with E-state index >= 15 is 0 Å². The first-order valence-corrected chi connectivity index (χ1v) is 8.29. The van der Waals surface area contributed by atoms with E-state index in [9.17, 15) is 5.11 Å². The molecule has 0 radical (unpaired) electrons. The smallest absolute Gasteiger partial charge is 0.0718 e. The van der Waals surface area contributed by atoms with Crippen molar-refractivity contribution in [3.63, 3.8) is 0 Å². The Kier molecular flexibility index (Phi) is 4.10. The second-order valence-electron chi connectivity index (χ2n) is 7.66. The molecule has 2 aliphatic heterocycles. The number of hydrogen-bond acceptors (Lipinski definition) is 4. The summed E-state index contributed by atoms with van der Waals surface area (Å²) >= 11 is 0. The van der Waals surface area contributed by atoms with Gasteiger partial charge in [-0.05, 0) is 46.0 Å². The van der Waals surface area contributed by atoms with Crippen molar-refractivity contribution in [3.8, 4) is 0 Å². The Bertz CT molecular complexity index is 328. The van der Waals surface area contributed by atoms with E-state index < -0.39 is 5.60 Å². The first-order valence-electron chi connectivity index (χ1n) is 8.29. The lowest BCUT2D eigenvalue weighted by atomic mass is 9.73. The van der Waals surface area contributed by atoms with Crippen molar-refractivity contribution in [3.05, 3.63) is 0 Å². The zero-order valence-corrected chi connectivity index (χ0v) is 13.1. The van der Waals surface area contributed by atoms with Crippen LogP contribution in [0, 0.1) is 0 Å². The van der Waals surface area contributed by atoms with Crippen molar-refractivity contribution < 1.29 is 9.84 Å². The molecule has 1 unspecified atom stereocenters. The van der Waals surface area contributed by atoms with E-state index in [1.165, 1.54) is 32.1 Å². The third kappa shape index (κ3) is 3.35. The number of rotatable bonds is 3. The second kappa shape index (κ2) is 5.56. The van der Waals surface area contributed by atoms with Crippen LogP contribution in [0.4, 0.5) is 0 Å². The van der Waals surface area contributed by atoms with Crippen molar-refractivity contribution in [2.45, 2.75) is 63.2 Å². The molecule has 3 rings (SSSR count). The first kappa shape index (κ1) is 14.8. The molecular weight excluding hydrogens is 252 g/mol. The predicted octanol–water partition coefficient (Wildman–Crippen LogP) is 1.48. The molecule has 0 aromatic carbocycles. The minimum Gasteiger partial charge on any atom is -0.389 e. The number of aliphatic hydroxyl groups is 1. The van der Waals surface area contributed by atoms with Crippen LogP contribution in [-0.4, -0.2) is 71.5 Å². The van der Waals surface area contributed by atoms with Gasteiger partial charge in [-0.3, -0.25) is 9.80 Å². The highest BCUT2D eigenvalue weighted by Gasteiger charge is 2.44. The summed E-state index contributed by atoms with van der Waals surface area (Å²) in [6.45, 7) is 10.0. The van der Waals surface area contributed by atoms with Gasteiger partial charge >= 0.3 is 0 Å². The van der Waals surface area contributed by atoms with Crippen LogP contribution in [0.25, 0.3) is 0 Å². The van der Waals surface area contributed by atoms with Crippen LogP contribution in [0.3, 0.4) is 0 Å². The summed E-state index contributed by atoms with van der Waals surface area (Å²) in [6.07, 6.45) is 6.36. The Morgan fingerprint density at radius 1 is 1.20 bits per heavy atom. The minimum atomic E-state index is -0.573. The molecule has 116 valence electrons. The van der Waals surface area contributed by atoms with Gasteiger partial charge in [0.2, 0.25) is 0 Å². The lowest BCUT2D eigenvalue weighted by molar-refractivity contribution is -0.151. The Balaban J connectivity index is 1.48. The molecule has 1 spiro atoms. The maximum atomic E-state index is 9.92. The molecule has 2 heterocycles. The molecule has 3 aliphatic rings. The summed E-state index contributed by atoms with van der Waals surface area (Å²) in [7, 11) is 0. The molecule has 1 atom stereocenters. The molecule has 1 saturated carbocycles. The largest absolute Gasteiger partial charge is 0.389 e. The summed E-state index contributed by atoms with van der Waals surface area (Å²) in [4.78, 5) is 5.07. The van der Waals surface area contributed by atoms with E-state index in [-0.39, 0.29) is 5.60 Å². The summed E-state index contributed by atoms with van der Waals surface area (Å²) in [5.74, 6) is 0. The molecule has 4 heteroatoms. The van der Waals surface area contributed by atoms with Crippen LogP contribution in [0.5, 0.6) is 0 Å². The van der Waals surface area contributed by atoms with Crippen molar-refractivity contribution >= 4 is 0 Å². The summed E-state index contributed by atoms with van der Waals surface area (Å²) in [5, 5.41) is 9.92. The van der Waals surface area contributed by atoms with Gasteiger partial charge in [0.25, 0.3) is 0 Å². The maximum Gasteiger partial charge on any atom is 0.0718 e. The quantitative estimate of drug-likeness (QED) is 0.850. The van der Waals surface area contributed by atoms with Crippen LogP contribution in [0.2, 0.25) is 0 Å². The second-order valence-corrected chi connectivity index (χ2v) is 7.66. The lowest BCUT2D eigenvalue weighted by Crippen LogP contribution is -2.57. The summed E-state index contributed by atoms with van der Waals surface area (Å²) in [6, 6.07) is 0.730. The first-order chi connectivity index (χ1) is 9.46. The molecular formula is C16H30N2O2. The van der Waals surface area contributed by atoms with Gasteiger partial charge in [-0.25, -0.2) is 0 Å². The highest BCUT2D eigenvalue weighted by Crippen LogP contribution is 2.43. The van der Waals surface area contributed by atoms with Gasteiger partial charge in [-0.1, -0.05) is 0 Å². The highest BCUT2D eigenvalue weighted by atomic mass is 16.5. The van der Waals surface area contributed by atoms with E-state index in [1.54, 1.807) is 0 Å². The van der Waals surface area contributed by atoms with Crippen molar-refractivity contribution in [1.82, 2.24) is 9.80 Å². The zero-order valence-electron chi connectivity index (χ0n) is 13.1. The van der Waals surface area contributed by atoms with E-state index in [4.69, 9.17) is 4.74 Å². The third-order valence-corrected chi connectivity index (χ3v) is 5.27. The topological polar surface area (TPSA) is 35.9 Å². The van der Waals surface area contributed by atoms with Crippen LogP contribution in [-0.2, 0) is 4.74 Å². The van der Waals surface area contributed by atoms with Crippen LogP contribution < -0.4 is 0 Å². The van der Waals surface area contributed by atoms with Gasteiger partial charge in [0.05, 0.1) is 11.2 Å². The van der Waals surface area contributed by atoms with Gasteiger partial charge in [-0.2, -0.15) is 0 Å². The minimum absolute atomic E-state index is 0.257. The van der Waals surface area contributed by atoms with Gasteiger partial charge in [0.15, 0.2) is 0 Å². The number of ether oxygens (including phenoxy) is 1. The normalized spacial score (nSPS) is 32.2. The molecule has 0 aromatic rings. The average Bonchev–Trinajstić information content (AvgIpc) is 2.36. The molecule has 1 N–H and O–H groups in total. The fourth-order valence-corrected chi connectivity index (χ4v) is 4.07. The van der Waals surface area contributed by atoms with Crippen molar-refractivity contribution in [2.24, 2.45) is 0 Å². The highest BCUT2D eigenvalue weighted by molar-refractivity contribution is 4.97. The summed E-state index contributed by atoms with van der Waals surface area (Å²) < 4.78 is 6.04. The molecule has 0 aromatic heterocycles. The molecule has 0 bridgehead atoms. The predicted molar refractivity (Wildman–Crippen MR) is 79.9 cm³/mol. The van der Waals surface area contributed by atoms with E-state index in [1.807, 2.05) is 13.8 Å². The standard InChI is InChI=1S/C16H30N2O2/c1-15(2,19)13-17-7-9-18(10-8-17)14-4-11-20-16(12-14)5-3-6-16/h14,19H,3-13H2,1-2H3. The van der Waals surface area contributed by atoms with E-state index in [0.717, 1.165) is 45.4 Å². The van der Waals surface area contributed by atoms with Crippen molar-refractivity contribution in [2.75, 3.05) is 39.3 Å². The Morgan fingerprint density at radius 3 is 2.45 bits per heavy atom. The molecule has 2 saturated heterocycles. The fourth-order valence-electron chi connectivity index (χ4n) is 4.07. The Morgan fingerprint density at radius 2 is 1.90 bits per heavy atom. The molecule has 0 amide bonds. The SMILES string of the molecule is CC(C)(O)CN1CCN(C2CCOC3(CCC3)C2)CC1. The van der Waals surface area contributed by atoms with Gasteiger partial charge < -0.3 is 9.84 Å². The number of piperazine rings is 1. The van der Waals surface area contributed by atoms with E-state index in [2.05, 4.69) is 9.80 Å². The molecule has 1 aliphatic carbocycles. The third-order valence-electron chi connectivity index (χ3n) is 5.27. The number of β-amino-alcohol motifs (C(OH)–C–C–N with tert-alkyl or cyclic N) is 1. The summed E-state index contributed by atoms with van der Waals surface area (Å²) in [5.41, 5.74) is -0.315. The molecule has 3 fully saturated rings. The Hall–Kier alpha value is -0.160. The fraction of sp³-hybridized carbons (Fsp3) is 1.00. The molecule has 4 nitrogen and oxygen atoms in total. The van der Waals surface area contributed by atoms with Gasteiger partial charge in [0, 0.05) is 45.4 Å². The van der Waals surface area contributed by atoms with Crippen LogP contribution >= 0.6 is 0 Å². The van der Waals surface area contributed by atoms with Crippen molar-refractivity contribution in [1.29, 1.82) is 0 Å². The molecule has 20 heavy (non-hydrogen) atoms. The number of nitrogens with zero attached hydrogens (tertiary/aromatic N) is 2. The zero-order chi connectivity index (χ0) is 14.2. The Labute approximate surface area is 123 Å². The van der Waals surface area contributed by atoms with Crippen LogP contribution in [0.15, 0.2) is 0 Å². The average molecular weight is 282 g/mol. The monoisotopic (exact) mass is 282 g/mol. The van der Waals surface area contributed by atoms with Crippen LogP contribution in [0.1, 0.15) is 46.0 Å². The van der Waals surface area contributed by atoms with Gasteiger partial charge in [0.1, 0.15) is 0 Å².